The van der Waals surface area contributed by atoms with E-state index < -0.39 is 0 Å². The van der Waals surface area contributed by atoms with Gasteiger partial charge in [0.05, 0.1) is 6.04 Å². The molecule has 1 nitrogen and oxygen atoms in total. The van der Waals surface area contributed by atoms with Crippen molar-refractivity contribution in [3.05, 3.63) is 0 Å². The van der Waals surface area contributed by atoms with Crippen LogP contribution in [0.3, 0.4) is 0 Å². The average Bonchev–Trinajstić information content (AvgIpc) is 2.14. The van der Waals surface area contributed by atoms with E-state index in [1.54, 1.807) is 0 Å². The van der Waals surface area contributed by atoms with Crippen molar-refractivity contribution >= 4 is 0 Å². The molecular weight excluding hydrogens is 98.1 g/mol. The van der Waals surface area contributed by atoms with Gasteiger partial charge in [-0.15, -0.1) is 6.42 Å². The fourth-order valence-corrected chi connectivity index (χ4v) is 1.06. The summed E-state index contributed by atoms with van der Waals surface area (Å²) in [7, 11) is 0. The molecule has 2 atom stereocenters. The molecule has 0 saturated carbocycles. The van der Waals surface area contributed by atoms with E-state index in [1.165, 1.54) is 6.42 Å². The van der Waals surface area contributed by atoms with Crippen molar-refractivity contribution in [2.45, 2.75) is 31.8 Å². The Morgan fingerprint density at radius 1 is 1.62 bits per heavy atom. The summed E-state index contributed by atoms with van der Waals surface area (Å²) < 4.78 is 0. The number of nitrogens with one attached hydrogen (secondary N) is 1. The zero-order chi connectivity index (χ0) is 5.98. The summed E-state index contributed by atoms with van der Waals surface area (Å²) in [6, 6.07) is 0.987. The maximum atomic E-state index is 5.18. The molecule has 2 unspecified atom stereocenters. The summed E-state index contributed by atoms with van der Waals surface area (Å²) in [4.78, 5) is 0. The monoisotopic (exact) mass is 109 g/mol. The Labute approximate surface area is 50.5 Å². The molecule has 1 rings (SSSR count). The van der Waals surface area contributed by atoms with Gasteiger partial charge in [-0.1, -0.05) is 5.92 Å². The van der Waals surface area contributed by atoms with E-state index in [9.17, 15) is 0 Å². The number of hydrogen-bond donors (Lipinski definition) is 1. The maximum Gasteiger partial charge on any atom is 0.0689 e. The summed E-state index contributed by atoms with van der Waals surface area (Å²) >= 11 is 0. The molecular formula is C7H11N. The molecule has 44 valence electrons. The third-order valence-corrected chi connectivity index (χ3v) is 1.58. The molecule has 0 aromatic carbocycles. The Kier molecular flexibility index (Phi) is 1.55. The summed E-state index contributed by atoms with van der Waals surface area (Å²) in [5, 5.41) is 3.27. The number of rotatable bonds is 0. The molecule has 8 heavy (non-hydrogen) atoms. The van der Waals surface area contributed by atoms with E-state index in [0.717, 1.165) is 6.42 Å². The predicted molar refractivity (Wildman–Crippen MR) is 34.5 cm³/mol. The van der Waals surface area contributed by atoms with Crippen LogP contribution in [0.4, 0.5) is 0 Å². The van der Waals surface area contributed by atoms with Crippen molar-refractivity contribution in [1.82, 2.24) is 5.32 Å². The second-order valence-corrected chi connectivity index (χ2v) is 2.36. The summed E-state index contributed by atoms with van der Waals surface area (Å²) in [6.45, 7) is 2.16. The van der Waals surface area contributed by atoms with Gasteiger partial charge in [-0.3, -0.25) is 0 Å². The third kappa shape index (κ3) is 1.02. The van der Waals surface area contributed by atoms with Crippen molar-refractivity contribution < 1.29 is 0 Å². The standard InChI is InChI=1S/C7H11N/c1-3-7-5-4-6(2)8-7/h1,6-8H,4-5H2,2H3. The first-order chi connectivity index (χ1) is 3.83. The molecule has 0 aliphatic carbocycles. The molecule has 1 fully saturated rings. The molecule has 1 saturated heterocycles. The highest BCUT2D eigenvalue weighted by atomic mass is 15.0. The minimum atomic E-state index is 0.352. The lowest BCUT2D eigenvalue weighted by atomic mass is 10.2. The highest BCUT2D eigenvalue weighted by Crippen LogP contribution is 2.09. The molecule has 0 radical (unpaired) electrons. The SMILES string of the molecule is C#CC1CCC(C)N1. The van der Waals surface area contributed by atoms with Crippen LogP contribution in [0.15, 0.2) is 0 Å². The van der Waals surface area contributed by atoms with Crippen LogP contribution >= 0.6 is 0 Å². The van der Waals surface area contributed by atoms with Crippen LogP contribution in [0.2, 0.25) is 0 Å². The van der Waals surface area contributed by atoms with Crippen LogP contribution in [0, 0.1) is 12.3 Å². The second kappa shape index (κ2) is 2.19. The van der Waals surface area contributed by atoms with E-state index in [0.29, 0.717) is 12.1 Å². The lowest BCUT2D eigenvalue weighted by Crippen LogP contribution is -2.25. The molecule has 1 heterocycles. The van der Waals surface area contributed by atoms with Crippen molar-refractivity contribution in [3.8, 4) is 12.3 Å². The third-order valence-electron chi connectivity index (χ3n) is 1.58. The van der Waals surface area contributed by atoms with Gasteiger partial charge in [-0.25, -0.2) is 0 Å². The summed E-state index contributed by atoms with van der Waals surface area (Å²) in [6.07, 6.45) is 7.56. The average molecular weight is 109 g/mol. The van der Waals surface area contributed by atoms with Crippen molar-refractivity contribution in [2.24, 2.45) is 0 Å². The van der Waals surface area contributed by atoms with E-state index in [1.807, 2.05) is 0 Å². The van der Waals surface area contributed by atoms with E-state index in [4.69, 9.17) is 6.42 Å². The van der Waals surface area contributed by atoms with Gasteiger partial charge in [-0.05, 0) is 19.8 Å². The lowest BCUT2D eigenvalue weighted by molar-refractivity contribution is 0.635. The minimum Gasteiger partial charge on any atom is -0.301 e. The van der Waals surface area contributed by atoms with Gasteiger partial charge in [0.1, 0.15) is 0 Å². The van der Waals surface area contributed by atoms with E-state index >= 15 is 0 Å². The number of terminal acetylenes is 1. The van der Waals surface area contributed by atoms with Gasteiger partial charge >= 0.3 is 0 Å². The van der Waals surface area contributed by atoms with Gasteiger partial charge in [0.25, 0.3) is 0 Å². The molecule has 1 N–H and O–H groups in total. The fourth-order valence-electron chi connectivity index (χ4n) is 1.06. The van der Waals surface area contributed by atoms with E-state index in [2.05, 4.69) is 18.2 Å². The van der Waals surface area contributed by atoms with Gasteiger partial charge in [0.15, 0.2) is 0 Å². The smallest absolute Gasteiger partial charge is 0.0689 e. The highest BCUT2D eigenvalue weighted by molar-refractivity contribution is 5.02. The molecule has 0 amide bonds. The first-order valence-electron chi connectivity index (χ1n) is 3.05. The maximum absolute atomic E-state index is 5.18. The minimum absolute atomic E-state index is 0.352. The van der Waals surface area contributed by atoms with Gasteiger partial charge in [-0.2, -0.15) is 0 Å². The zero-order valence-corrected chi connectivity index (χ0v) is 5.15. The second-order valence-electron chi connectivity index (χ2n) is 2.36. The Bertz CT molecular complexity index is 112. The van der Waals surface area contributed by atoms with Crippen LogP contribution < -0.4 is 5.32 Å². The van der Waals surface area contributed by atoms with Crippen LogP contribution in [0.25, 0.3) is 0 Å². The topological polar surface area (TPSA) is 12.0 Å². The largest absolute Gasteiger partial charge is 0.301 e. The van der Waals surface area contributed by atoms with Crippen molar-refractivity contribution in [3.63, 3.8) is 0 Å². The van der Waals surface area contributed by atoms with Crippen LogP contribution in [-0.2, 0) is 0 Å². The van der Waals surface area contributed by atoms with Crippen molar-refractivity contribution in [2.75, 3.05) is 0 Å². The normalized spacial score (nSPS) is 37.0. The number of hydrogen-bond acceptors (Lipinski definition) is 1. The van der Waals surface area contributed by atoms with Gasteiger partial charge in [0, 0.05) is 6.04 Å². The lowest BCUT2D eigenvalue weighted by Gasteiger charge is -2.01. The van der Waals surface area contributed by atoms with Gasteiger partial charge < -0.3 is 5.32 Å². The Morgan fingerprint density at radius 3 is 2.62 bits per heavy atom. The Hall–Kier alpha value is -0.480. The predicted octanol–water partition coefficient (Wildman–Crippen LogP) is 0.760. The molecule has 0 bridgehead atoms. The summed E-state index contributed by atoms with van der Waals surface area (Å²) in [5.74, 6) is 2.68. The molecule has 1 aliphatic heterocycles. The fraction of sp³-hybridized carbons (Fsp3) is 0.714. The van der Waals surface area contributed by atoms with Crippen LogP contribution in [0.5, 0.6) is 0 Å². The zero-order valence-electron chi connectivity index (χ0n) is 5.15. The summed E-state index contributed by atoms with van der Waals surface area (Å²) in [5.41, 5.74) is 0. The molecule has 0 aromatic heterocycles. The Balaban J connectivity index is 2.35. The quantitative estimate of drug-likeness (QED) is 0.453. The van der Waals surface area contributed by atoms with Crippen LogP contribution in [0.1, 0.15) is 19.8 Å². The van der Waals surface area contributed by atoms with Crippen LogP contribution in [-0.4, -0.2) is 12.1 Å². The van der Waals surface area contributed by atoms with Crippen molar-refractivity contribution in [1.29, 1.82) is 0 Å². The van der Waals surface area contributed by atoms with Gasteiger partial charge in [0.2, 0.25) is 0 Å². The molecule has 0 aromatic rings. The molecule has 0 spiro atoms. The highest BCUT2D eigenvalue weighted by Gasteiger charge is 2.16. The molecule has 1 heteroatoms. The molecule has 1 aliphatic rings. The first-order valence-corrected chi connectivity index (χ1v) is 3.05. The van der Waals surface area contributed by atoms with E-state index in [-0.39, 0.29) is 0 Å². The Morgan fingerprint density at radius 2 is 2.38 bits per heavy atom. The first kappa shape index (κ1) is 5.65.